The van der Waals surface area contributed by atoms with Crippen molar-refractivity contribution in [3.05, 3.63) is 0 Å². The number of rotatable bonds is 5. The predicted molar refractivity (Wildman–Crippen MR) is 67.8 cm³/mol. The summed E-state index contributed by atoms with van der Waals surface area (Å²) >= 11 is 0. The summed E-state index contributed by atoms with van der Waals surface area (Å²) in [4.78, 5) is 27.4. The summed E-state index contributed by atoms with van der Waals surface area (Å²) in [6, 6.07) is 0.0676. The molecule has 0 spiro atoms. The third-order valence-electron chi connectivity index (χ3n) is 3.67. The summed E-state index contributed by atoms with van der Waals surface area (Å²) in [5, 5.41) is 3.13. The van der Waals surface area contributed by atoms with E-state index in [0.717, 1.165) is 25.9 Å². The average Bonchev–Trinajstić information content (AvgIpc) is 3.15. The molecular formula is C12H22N4O2. The molecule has 2 fully saturated rings. The number of carbonyl (C=O) groups excluding carboxylic acids is 2. The van der Waals surface area contributed by atoms with E-state index in [2.05, 4.69) is 5.32 Å². The molecule has 0 bridgehead atoms. The lowest BCUT2D eigenvalue weighted by molar-refractivity contribution is -0.135. The van der Waals surface area contributed by atoms with E-state index in [1.165, 1.54) is 0 Å². The molecule has 18 heavy (non-hydrogen) atoms. The highest BCUT2D eigenvalue weighted by Crippen LogP contribution is 2.26. The molecule has 1 heterocycles. The van der Waals surface area contributed by atoms with Gasteiger partial charge in [-0.15, -0.1) is 0 Å². The number of amides is 2. The second-order valence-corrected chi connectivity index (χ2v) is 5.00. The van der Waals surface area contributed by atoms with E-state index in [-0.39, 0.29) is 17.9 Å². The first kappa shape index (κ1) is 13.3. The van der Waals surface area contributed by atoms with Crippen LogP contribution in [0.5, 0.6) is 0 Å². The first-order valence-corrected chi connectivity index (χ1v) is 6.67. The maximum absolute atomic E-state index is 12.2. The van der Waals surface area contributed by atoms with Gasteiger partial charge in [-0.1, -0.05) is 0 Å². The summed E-state index contributed by atoms with van der Waals surface area (Å²) < 4.78 is 0. The average molecular weight is 254 g/mol. The van der Waals surface area contributed by atoms with Crippen LogP contribution in [0.15, 0.2) is 0 Å². The van der Waals surface area contributed by atoms with Gasteiger partial charge >= 0.3 is 0 Å². The lowest BCUT2D eigenvalue weighted by atomic mass is 10.2. The van der Waals surface area contributed by atoms with Gasteiger partial charge in [-0.2, -0.15) is 0 Å². The fraction of sp³-hybridized carbons (Fsp3) is 0.833. The Morgan fingerprint density at radius 2 is 2.17 bits per heavy atom. The van der Waals surface area contributed by atoms with E-state index >= 15 is 0 Å². The molecule has 1 saturated carbocycles. The number of likely N-dealkylation sites (N-methyl/N-ethyl adjacent to an activating group) is 1. The minimum Gasteiger partial charge on any atom is -0.368 e. The van der Waals surface area contributed by atoms with Gasteiger partial charge in [0.25, 0.3) is 0 Å². The van der Waals surface area contributed by atoms with E-state index in [4.69, 9.17) is 5.73 Å². The summed E-state index contributed by atoms with van der Waals surface area (Å²) in [6.07, 6.45) is 2.22. The van der Waals surface area contributed by atoms with Gasteiger partial charge in [0.1, 0.15) is 6.04 Å². The fourth-order valence-corrected chi connectivity index (χ4v) is 2.51. The number of nitrogens with zero attached hydrogens (tertiary/aromatic N) is 2. The molecule has 0 aromatic carbocycles. The molecule has 1 aliphatic carbocycles. The zero-order valence-corrected chi connectivity index (χ0v) is 10.9. The Morgan fingerprint density at radius 1 is 1.44 bits per heavy atom. The molecule has 0 aromatic heterocycles. The quantitative estimate of drug-likeness (QED) is 0.643. The van der Waals surface area contributed by atoms with Crippen molar-refractivity contribution in [3.63, 3.8) is 0 Å². The molecule has 3 N–H and O–H groups in total. The number of nitrogens with one attached hydrogen (secondary N) is 1. The monoisotopic (exact) mass is 254 g/mol. The van der Waals surface area contributed by atoms with E-state index < -0.39 is 0 Å². The fourth-order valence-electron chi connectivity index (χ4n) is 2.51. The standard InChI is InChI=1S/C12H22N4O2/c1-2-16(9-3-4-9)11(17)8-15-6-5-14-7-10(15)12(13)18/h9-10,14H,2-8H2,1H3,(H2,13,18). The molecule has 102 valence electrons. The van der Waals surface area contributed by atoms with Crippen LogP contribution in [0.1, 0.15) is 19.8 Å². The van der Waals surface area contributed by atoms with Crippen LogP contribution in [0.25, 0.3) is 0 Å². The maximum Gasteiger partial charge on any atom is 0.237 e. The van der Waals surface area contributed by atoms with Gasteiger partial charge in [-0.05, 0) is 19.8 Å². The molecule has 2 rings (SSSR count). The molecule has 1 saturated heterocycles. The summed E-state index contributed by atoms with van der Waals surface area (Å²) in [5.74, 6) is -0.238. The lowest BCUT2D eigenvalue weighted by Gasteiger charge is -2.35. The molecule has 1 unspecified atom stereocenters. The van der Waals surface area contributed by atoms with Gasteiger partial charge in [0, 0.05) is 32.2 Å². The molecule has 2 aliphatic rings. The van der Waals surface area contributed by atoms with Gasteiger partial charge in [-0.25, -0.2) is 0 Å². The second-order valence-electron chi connectivity index (χ2n) is 5.00. The number of piperazine rings is 1. The third-order valence-corrected chi connectivity index (χ3v) is 3.67. The smallest absolute Gasteiger partial charge is 0.237 e. The first-order chi connectivity index (χ1) is 8.63. The van der Waals surface area contributed by atoms with Crippen molar-refractivity contribution in [1.82, 2.24) is 15.1 Å². The largest absolute Gasteiger partial charge is 0.368 e. The van der Waals surface area contributed by atoms with Gasteiger partial charge in [0.05, 0.1) is 6.54 Å². The molecular weight excluding hydrogens is 232 g/mol. The molecule has 1 aliphatic heterocycles. The Labute approximate surface area is 107 Å². The summed E-state index contributed by atoms with van der Waals surface area (Å²) in [5.41, 5.74) is 5.37. The van der Waals surface area contributed by atoms with Gasteiger partial charge in [-0.3, -0.25) is 14.5 Å². The predicted octanol–water partition coefficient (Wildman–Crippen LogP) is -1.24. The van der Waals surface area contributed by atoms with Gasteiger partial charge < -0.3 is 16.0 Å². The maximum atomic E-state index is 12.2. The Bertz CT molecular complexity index is 330. The molecule has 2 amide bonds. The van der Waals surface area contributed by atoms with Crippen molar-refractivity contribution >= 4 is 11.8 Å². The van der Waals surface area contributed by atoms with E-state index in [1.807, 2.05) is 16.7 Å². The Morgan fingerprint density at radius 3 is 2.72 bits per heavy atom. The molecule has 6 heteroatoms. The van der Waals surface area contributed by atoms with Crippen LogP contribution < -0.4 is 11.1 Å². The SMILES string of the molecule is CCN(C(=O)CN1CCNCC1C(N)=O)C1CC1. The summed E-state index contributed by atoms with van der Waals surface area (Å²) in [7, 11) is 0. The Kier molecular flexibility index (Phi) is 4.19. The van der Waals surface area contributed by atoms with Crippen molar-refractivity contribution in [1.29, 1.82) is 0 Å². The highest BCUT2D eigenvalue weighted by atomic mass is 16.2. The van der Waals surface area contributed by atoms with Crippen LogP contribution in [0.4, 0.5) is 0 Å². The summed E-state index contributed by atoms with van der Waals surface area (Å²) in [6.45, 7) is 5.09. The molecule has 1 atom stereocenters. The van der Waals surface area contributed by atoms with E-state index in [1.54, 1.807) is 0 Å². The van der Waals surface area contributed by atoms with Gasteiger partial charge in [0.2, 0.25) is 11.8 Å². The zero-order valence-electron chi connectivity index (χ0n) is 10.9. The van der Waals surface area contributed by atoms with E-state index in [9.17, 15) is 9.59 Å². The van der Waals surface area contributed by atoms with Gasteiger partial charge in [0.15, 0.2) is 0 Å². The number of hydrogen-bond donors (Lipinski definition) is 2. The van der Waals surface area contributed by atoms with Crippen molar-refractivity contribution in [3.8, 4) is 0 Å². The Hall–Kier alpha value is -1.14. The van der Waals surface area contributed by atoms with Crippen LogP contribution in [-0.2, 0) is 9.59 Å². The first-order valence-electron chi connectivity index (χ1n) is 6.67. The highest BCUT2D eigenvalue weighted by Gasteiger charge is 2.34. The number of carbonyl (C=O) groups is 2. The molecule has 0 radical (unpaired) electrons. The third kappa shape index (κ3) is 3.00. The minimum absolute atomic E-state index is 0.119. The number of hydrogen-bond acceptors (Lipinski definition) is 4. The molecule has 6 nitrogen and oxygen atoms in total. The van der Waals surface area contributed by atoms with Crippen LogP contribution in [0.3, 0.4) is 0 Å². The van der Waals surface area contributed by atoms with Crippen molar-refractivity contribution in [2.45, 2.75) is 31.8 Å². The second kappa shape index (κ2) is 5.67. The Balaban J connectivity index is 1.93. The highest BCUT2D eigenvalue weighted by molar-refractivity contribution is 5.83. The number of primary amides is 1. The van der Waals surface area contributed by atoms with E-state index in [0.29, 0.717) is 25.7 Å². The topological polar surface area (TPSA) is 78.7 Å². The minimum atomic E-state index is -0.361. The van der Waals surface area contributed by atoms with Crippen LogP contribution in [0.2, 0.25) is 0 Å². The zero-order chi connectivity index (χ0) is 13.1. The number of nitrogens with two attached hydrogens (primary N) is 1. The van der Waals surface area contributed by atoms with Crippen LogP contribution in [0, 0.1) is 0 Å². The van der Waals surface area contributed by atoms with Crippen molar-refractivity contribution in [2.75, 3.05) is 32.7 Å². The normalized spacial score (nSPS) is 24.8. The molecule has 0 aromatic rings. The lowest BCUT2D eigenvalue weighted by Crippen LogP contribution is -2.59. The van der Waals surface area contributed by atoms with Crippen molar-refractivity contribution < 1.29 is 9.59 Å². The van der Waals surface area contributed by atoms with Crippen molar-refractivity contribution in [2.24, 2.45) is 5.73 Å². The van der Waals surface area contributed by atoms with Crippen LogP contribution >= 0.6 is 0 Å². The van der Waals surface area contributed by atoms with Crippen LogP contribution in [-0.4, -0.2) is 66.4 Å².